The predicted molar refractivity (Wildman–Crippen MR) is 122 cm³/mol. The number of methoxy groups -OCH3 is 1. The van der Waals surface area contributed by atoms with Gasteiger partial charge in [-0.3, -0.25) is 4.79 Å². The van der Waals surface area contributed by atoms with Gasteiger partial charge in [-0.05, 0) is 43.3 Å². The van der Waals surface area contributed by atoms with Gasteiger partial charge in [0, 0.05) is 18.1 Å². The first-order valence-corrected chi connectivity index (χ1v) is 11.9. The zero-order chi connectivity index (χ0) is 23.6. The van der Waals surface area contributed by atoms with Crippen LogP contribution in [0.15, 0.2) is 47.4 Å². The van der Waals surface area contributed by atoms with Crippen LogP contribution < -0.4 is 10.1 Å². The lowest BCUT2D eigenvalue weighted by Gasteiger charge is -2.26. The smallest absolute Gasteiger partial charge is 0.278 e. The summed E-state index contributed by atoms with van der Waals surface area (Å²) in [5, 5.41) is 11.8. The van der Waals surface area contributed by atoms with Crippen molar-refractivity contribution in [3.63, 3.8) is 0 Å². The number of nitrogens with one attached hydrogen (secondary N) is 1. The number of sulfonamides is 1. The lowest BCUT2D eigenvalue weighted by molar-refractivity contribution is 0.0730. The van der Waals surface area contributed by atoms with Crippen LogP contribution in [0.25, 0.3) is 5.69 Å². The molecule has 4 rings (SSSR count). The number of hydrogen-bond acceptors (Lipinski definition) is 7. The average molecular weight is 492 g/mol. The molecule has 0 spiro atoms. The van der Waals surface area contributed by atoms with E-state index < -0.39 is 15.9 Å². The van der Waals surface area contributed by atoms with E-state index in [2.05, 4.69) is 15.5 Å². The topological polar surface area (TPSA) is 116 Å². The van der Waals surface area contributed by atoms with Crippen molar-refractivity contribution >= 4 is 33.2 Å². The first-order valence-electron chi connectivity index (χ1n) is 10.1. The molecule has 1 N–H and O–H groups in total. The molecule has 2 aromatic carbocycles. The van der Waals surface area contributed by atoms with E-state index in [1.807, 2.05) is 0 Å². The van der Waals surface area contributed by atoms with E-state index in [0.29, 0.717) is 35.4 Å². The minimum Gasteiger partial charge on any atom is -0.495 e. The summed E-state index contributed by atoms with van der Waals surface area (Å²) in [6.45, 7) is 2.85. The van der Waals surface area contributed by atoms with E-state index in [0.717, 1.165) is 0 Å². The van der Waals surface area contributed by atoms with Gasteiger partial charge < -0.3 is 14.8 Å². The third-order valence-electron chi connectivity index (χ3n) is 5.06. The fraction of sp³-hybridized carbons (Fsp3) is 0.286. The summed E-state index contributed by atoms with van der Waals surface area (Å²) in [6.07, 6.45) is 0. The number of anilines is 1. The number of aromatic nitrogens is 3. The predicted octanol–water partition coefficient (Wildman–Crippen LogP) is 2.51. The molecule has 1 aliphatic rings. The highest BCUT2D eigenvalue weighted by Crippen LogP contribution is 2.30. The maximum Gasteiger partial charge on any atom is 0.278 e. The van der Waals surface area contributed by atoms with Crippen molar-refractivity contribution in [2.45, 2.75) is 11.8 Å². The number of carbonyl (C=O) groups excluding carboxylic acids is 1. The number of benzene rings is 2. The van der Waals surface area contributed by atoms with Crippen LogP contribution in [0.3, 0.4) is 0 Å². The summed E-state index contributed by atoms with van der Waals surface area (Å²) >= 11 is 6.03. The second kappa shape index (κ2) is 9.48. The van der Waals surface area contributed by atoms with Crippen LogP contribution in [0.5, 0.6) is 5.75 Å². The summed E-state index contributed by atoms with van der Waals surface area (Å²) in [5.41, 5.74) is 1.27. The molecule has 1 aromatic heterocycles. The lowest BCUT2D eigenvalue weighted by atomic mass is 10.2. The molecular formula is C21H22ClN5O5S. The second-order valence-corrected chi connectivity index (χ2v) is 9.61. The summed E-state index contributed by atoms with van der Waals surface area (Å²) in [5.74, 6) is -0.246. The van der Waals surface area contributed by atoms with Crippen LogP contribution in [0.2, 0.25) is 5.02 Å². The van der Waals surface area contributed by atoms with Gasteiger partial charge in [0.05, 0.1) is 42.3 Å². The monoisotopic (exact) mass is 491 g/mol. The minimum absolute atomic E-state index is 0.0415. The molecule has 0 unspecified atom stereocenters. The van der Waals surface area contributed by atoms with Gasteiger partial charge in [0.25, 0.3) is 5.91 Å². The Kier molecular flexibility index (Phi) is 6.66. The van der Waals surface area contributed by atoms with Gasteiger partial charge in [-0.15, -0.1) is 5.10 Å². The molecule has 12 heteroatoms. The quantitative estimate of drug-likeness (QED) is 0.563. The van der Waals surface area contributed by atoms with Crippen molar-refractivity contribution in [3.05, 3.63) is 58.9 Å². The van der Waals surface area contributed by atoms with Crippen molar-refractivity contribution in [1.29, 1.82) is 0 Å². The van der Waals surface area contributed by atoms with Gasteiger partial charge in [-0.1, -0.05) is 17.7 Å². The van der Waals surface area contributed by atoms with Gasteiger partial charge >= 0.3 is 0 Å². The normalized spacial score (nSPS) is 14.8. The Morgan fingerprint density at radius 3 is 2.61 bits per heavy atom. The average Bonchev–Trinajstić information content (AvgIpc) is 3.21. The SMILES string of the molecule is COc1ccc(S(=O)(=O)N2CCOCC2)cc1NC(=O)c1nn(-c2cccc(Cl)c2)nc1C. The van der Waals surface area contributed by atoms with Crippen LogP contribution in [0.4, 0.5) is 5.69 Å². The molecule has 1 amide bonds. The first-order chi connectivity index (χ1) is 15.8. The number of ether oxygens (including phenoxy) is 2. The first kappa shape index (κ1) is 23.2. The zero-order valence-corrected chi connectivity index (χ0v) is 19.6. The Morgan fingerprint density at radius 1 is 1.15 bits per heavy atom. The number of nitrogens with zero attached hydrogens (tertiary/aromatic N) is 4. The molecule has 3 aromatic rings. The third kappa shape index (κ3) is 4.86. The number of carbonyl (C=O) groups is 1. The van der Waals surface area contributed by atoms with Gasteiger partial charge in [-0.25, -0.2) is 8.42 Å². The highest BCUT2D eigenvalue weighted by Gasteiger charge is 2.28. The molecule has 1 fully saturated rings. The van der Waals surface area contributed by atoms with Gasteiger partial charge in [-0.2, -0.15) is 14.2 Å². The molecule has 2 heterocycles. The van der Waals surface area contributed by atoms with Gasteiger partial charge in [0.15, 0.2) is 5.69 Å². The van der Waals surface area contributed by atoms with Gasteiger partial charge in [0.2, 0.25) is 10.0 Å². The fourth-order valence-corrected chi connectivity index (χ4v) is 4.99. The summed E-state index contributed by atoms with van der Waals surface area (Å²) in [7, 11) is -2.32. The number of hydrogen-bond donors (Lipinski definition) is 1. The lowest BCUT2D eigenvalue weighted by Crippen LogP contribution is -2.40. The minimum atomic E-state index is -3.75. The number of amides is 1. The number of aryl methyl sites for hydroxylation is 1. The second-order valence-electron chi connectivity index (χ2n) is 7.24. The van der Waals surface area contributed by atoms with E-state index in [1.54, 1.807) is 31.2 Å². The van der Waals surface area contributed by atoms with Crippen molar-refractivity contribution < 1.29 is 22.7 Å². The van der Waals surface area contributed by atoms with Gasteiger partial charge in [0.1, 0.15) is 5.75 Å². The highest BCUT2D eigenvalue weighted by atomic mass is 35.5. The molecule has 0 atom stereocenters. The van der Waals surface area contributed by atoms with Crippen LogP contribution in [0, 0.1) is 6.92 Å². The van der Waals surface area contributed by atoms with Crippen molar-refractivity contribution in [3.8, 4) is 11.4 Å². The third-order valence-corrected chi connectivity index (χ3v) is 7.19. The fourth-order valence-electron chi connectivity index (χ4n) is 3.37. The van der Waals surface area contributed by atoms with Crippen LogP contribution >= 0.6 is 11.6 Å². The molecule has 10 nitrogen and oxygen atoms in total. The van der Waals surface area contributed by atoms with Crippen molar-refractivity contribution in [2.75, 3.05) is 38.7 Å². The Morgan fingerprint density at radius 2 is 1.91 bits per heavy atom. The number of halogens is 1. The molecule has 174 valence electrons. The molecule has 0 aliphatic carbocycles. The molecule has 1 aliphatic heterocycles. The summed E-state index contributed by atoms with van der Waals surface area (Å²) in [4.78, 5) is 14.3. The zero-order valence-electron chi connectivity index (χ0n) is 18.0. The van der Waals surface area contributed by atoms with Crippen LogP contribution in [-0.2, 0) is 14.8 Å². The van der Waals surface area contributed by atoms with Crippen LogP contribution in [0.1, 0.15) is 16.2 Å². The Labute approximate surface area is 196 Å². The molecule has 1 saturated heterocycles. The highest BCUT2D eigenvalue weighted by molar-refractivity contribution is 7.89. The molecule has 0 bridgehead atoms. The van der Waals surface area contributed by atoms with E-state index in [4.69, 9.17) is 21.1 Å². The van der Waals surface area contributed by atoms with E-state index in [-0.39, 0.29) is 29.4 Å². The van der Waals surface area contributed by atoms with E-state index in [1.165, 1.54) is 34.4 Å². The van der Waals surface area contributed by atoms with Crippen molar-refractivity contribution in [1.82, 2.24) is 19.3 Å². The standard InChI is InChI=1S/C21H22ClN5O5S/c1-14-20(25-27(24-14)16-5-3-4-15(22)12-16)21(28)23-18-13-17(6-7-19(18)31-2)33(29,30)26-8-10-32-11-9-26/h3-7,12-13H,8-11H2,1-2H3,(H,23,28). The van der Waals surface area contributed by atoms with Crippen molar-refractivity contribution in [2.24, 2.45) is 0 Å². The Bertz CT molecular complexity index is 1290. The maximum atomic E-state index is 13.0. The Balaban J connectivity index is 1.62. The maximum absolute atomic E-state index is 13.0. The summed E-state index contributed by atoms with van der Waals surface area (Å²) in [6, 6.07) is 11.2. The molecule has 0 saturated carbocycles. The van der Waals surface area contributed by atoms with E-state index >= 15 is 0 Å². The Hall–Kier alpha value is -2.99. The molecular weight excluding hydrogens is 470 g/mol. The van der Waals surface area contributed by atoms with Crippen LogP contribution in [-0.4, -0.2) is 67.0 Å². The summed E-state index contributed by atoms with van der Waals surface area (Å²) < 4.78 is 37.9. The largest absolute Gasteiger partial charge is 0.495 e. The molecule has 0 radical (unpaired) electrons. The number of morpholine rings is 1. The van der Waals surface area contributed by atoms with E-state index in [9.17, 15) is 13.2 Å². The molecule has 33 heavy (non-hydrogen) atoms. The number of rotatable bonds is 6.